The predicted octanol–water partition coefficient (Wildman–Crippen LogP) is 3.80. The van der Waals surface area contributed by atoms with E-state index in [0.29, 0.717) is 5.69 Å². The lowest BCUT2D eigenvalue weighted by Crippen LogP contribution is -2.26. The molecule has 0 atom stereocenters. The van der Waals surface area contributed by atoms with Crippen molar-refractivity contribution >= 4 is 5.69 Å². The van der Waals surface area contributed by atoms with Crippen molar-refractivity contribution in [1.29, 1.82) is 0 Å². The second kappa shape index (κ2) is 6.19. The van der Waals surface area contributed by atoms with Crippen molar-refractivity contribution in [2.24, 2.45) is 0 Å². The average Bonchev–Trinajstić information content (AvgIpc) is 2.50. The summed E-state index contributed by atoms with van der Waals surface area (Å²) in [7, 11) is 0. The van der Waals surface area contributed by atoms with Gasteiger partial charge in [0.25, 0.3) is 0 Å². The van der Waals surface area contributed by atoms with Crippen molar-refractivity contribution in [3.63, 3.8) is 0 Å². The minimum atomic E-state index is 0.203. The highest BCUT2D eigenvalue weighted by Gasteiger charge is 2.16. The third-order valence-corrected chi connectivity index (χ3v) is 3.83. The molecule has 0 aromatic heterocycles. The lowest BCUT2D eigenvalue weighted by Gasteiger charge is -2.24. The Morgan fingerprint density at radius 1 is 1.05 bits per heavy atom. The first kappa shape index (κ1) is 14.0. The van der Waals surface area contributed by atoms with E-state index in [1.807, 2.05) is 18.2 Å². The van der Waals surface area contributed by atoms with Crippen molar-refractivity contribution in [3.05, 3.63) is 48.0 Å². The molecule has 0 radical (unpaired) electrons. The van der Waals surface area contributed by atoms with Crippen molar-refractivity contribution < 1.29 is 9.47 Å². The van der Waals surface area contributed by atoms with Crippen LogP contribution in [0.4, 0.5) is 5.69 Å². The molecule has 1 aliphatic rings. The summed E-state index contributed by atoms with van der Waals surface area (Å²) in [5.74, 6) is 0.779. The molecule has 0 amide bonds. The Morgan fingerprint density at radius 3 is 2.57 bits per heavy atom. The lowest BCUT2D eigenvalue weighted by molar-refractivity contribution is 0.0259. The van der Waals surface area contributed by atoms with Gasteiger partial charge in [0.1, 0.15) is 11.9 Å². The van der Waals surface area contributed by atoms with Gasteiger partial charge in [0.15, 0.2) is 0 Å². The largest absolute Gasteiger partial charge is 0.488 e. The number of aryl methyl sites for hydroxylation is 1. The fraction of sp³-hybridized carbons (Fsp3) is 0.333. The van der Waals surface area contributed by atoms with Gasteiger partial charge in [0.05, 0.1) is 18.9 Å². The van der Waals surface area contributed by atoms with E-state index in [1.165, 1.54) is 11.1 Å². The maximum Gasteiger partial charge on any atom is 0.143 e. The summed E-state index contributed by atoms with van der Waals surface area (Å²) in [5, 5.41) is 0. The molecule has 1 aliphatic heterocycles. The van der Waals surface area contributed by atoms with E-state index in [9.17, 15) is 0 Å². The molecule has 0 saturated carbocycles. The Bertz CT molecular complexity index is 618. The highest BCUT2D eigenvalue weighted by atomic mass is 16.5. The number of nitrogens with two attached hydrogens (primary N) is 1. The van der Waals surface area contributed by atoms with Gasteiger partial charge in [-0.15, -0.1) is 0 Å². The van der Waals surface area contributed by atoms with Crippen molar-refractivity contribution in [2.45, 2.75) is 25.9 Å². The van der Waals surface area contributed by atoms with Crippen molar-refractivity contribution in [2.75, 3.05) is 18.9 Å². The van der Waals surface area contributed by atoms with Gasteiger partial charge in [0.2, 0.25) is 0 Å². The molecule has 3 heteroatoms. The number of hydrogen-bond donors (Lipinski definition) is 1. The highest BCUT2D eigenvalue weighted by molar-refractivity contribution is 5.70. The second-order valence-electron chi connectivity index (χ2n) is 5.55. The molecule has 3 rings (SSSR count). The first-order valence-corrected chi connectivity index (χ1v) is 7.43. The third kappa shape index (κ3) is 3.37. The maximum absolute atomic E-state index is 6.07. The topological polar surface area (TPSA) is 44.5 Å². The fourth-order valence-corrected chi connectivity index (χ4v) is 2.61. The van der Waals surface area contributed by atoms with E-state index in [-0.39, 0.29) is 6.10 Å². The minimum Gasteiger partial charge on any atom is -0.488 e. The standard InChI is InChI=1S/C18H21NO2/c1-13-3-2-4-14(11-13)15-5-6-17(19)18(12-15)21-16-7-9-20-10-8-16/h2-6,11-12,16H,7-10,19H2,1H3. The summed E-state index contributed by atoms with van der Waals surface area (Å²) in [6.07, 6.45) is 2.05. The quantitative estimate of drug-likeness (QED) is 0.871. The van der Waals surface area contributed by atoms with Crippen LogP contribution >= 0.6 is 0 Å². The monoisotopic (exact) mass is 283 g/mol. The Kier molecular flexibility index (Phi) is 4.11. The number of nitrogen functional groups attached to an aromatic ring is 1. The molecule has 110 valence electrons. The molecule has 21 heavy (non-hydrogen) atoms. The van der Waals surface area contributed by atoms with Crippen molar-refractivity contribution in [1.82, 2.24) is 0 Å². The van der Waals surface area contributed by atoms with Crippen molar-refractivity contribution in [3.8, 4) is 16.9 Å². The molecule has 1 fully saturated rings. The number of benzene rings is 2. The molecule has 0 bridgehead atoms. The number of rotatable bonds is 3. The molecule has 0 unspecified atom stereocenters. The predicted molar refractivity (Wildman–Crippen MR) is 85.5 cm³/mol. The van der Waals surface area contributed by atoms with Gasteiger partial charge in [0, 0.05) is 12.8 Å². The van der Waals surface area contributed by atoms with Gasteiger partial charge in [-0.05, 0) is 30.2 Å². The Labute approximate surface area is 125 Å². The van der Waals surface area contributed by atoms with Gasteiger partial charge in [-0.25, -0.2) is 0 Å². The zero-order valence-electron chi connectivity index (χ0n) is 12.3. The van der Waals surface area contributed by atoms with Crippen LogP contribution in [0.3, 0.4) is 0 Å². The first-order chi connectivity index (χ1) is 10.2. The van der Waals surface area contributed by atoms with Crippen LogP contribution in [-0.2, 0) is 4.74 Å². The zero-order valence-corrected chi connectivity index (χ0v) is 12.3. The van der Waals surface area contributed by atoms with Gasteiger partial charge < -0.3 is 15.2 Å². The molecule has 1 heterocycles. The van der Waals surface area contributed by atoms with E-state index < -0.39 is 0 Å². The summed E-state index contributed by atoms with van der Waals surface area (Å²) in [6.45, 7) is 3.63. The smallest absolute Gasteiger partial charge is 0.143 e. The highest BCUT2D eigenvalue weighted by Crippen LogP contribution is 2.31. The van der Waals surface area contributed by atoms with Crippen LogP contribution in [-0.4, -0.2) is 19.3 Å². The van der Waals surface area contributed by atoms with E-state index in [0.717, 1.165) is 37.4 Å². The third-order valence-electron chi connectivity index (χ3n) is 3.83. The van der Waals surface area contributed by atoms with Gasteiger partial charge in [-0.3, -0.25) is 0 Å². The molecule has 2 aromatic carbocycles. The van der Waals surface area contributed by atoms with Crippen LogP contribution in [0.25, 0.3) is 11.1 Å². The van der Waals surface area contributed by atoms with Crippen LogP contribution in [0.1, 0.15) is 18.4 Å². The molecular weight excluding hydrogens is 262 g/mol. The summed E-state index contributed by atoms with van der Waals surface area (Å²) in [4.78, 5) is 0. The molecule has 1 saturated heterocycles. The summed E-state index contributed by atoms with van der Waals surface area (Å²) < 4.78 is 11.4. The van der Waals surface area contributed by atoms with Crippen LogP contribution in [0.5, 0.6) is 5.75 Å². The van der Waals surface area contributed by atoms with E-state index in [1.54, 1.807) is 0 Å². The second-order valence-corrected chi connectivity index (χ2v) is 5.55. The fourth-order valence-electron chi connectivity index (χ4n) is 2.61. The molecule has 2 aromatic rings. The molecule has 2 N–H and O–H groups in total. The van der Waals surface area contributed by atoms with E-state index >= 15 is 0 Å². The first-order valence-electron chi connectivity index (χ1n) is 7.43. The van der Waals surface area contributed by atoms with Gasteiger partial charge in [-0.2, -0.15) is 0 Å². The molecule has 0 spiro atoms. The number of ether oxygens (including phenoxy) is 2. The zero-order chi connectivity index (χ0) is 14.7. The van der Waals surface area contributed by atoms with Crippen LogP contribution in [0, 0.1) is 6.92 Å². The average molecular weight is 283 g/mol. The molecular formula is C18H21NO2. The summed E-state index contributed by atoms with van der Waals surface area (Å²) in [5.41, 5.74) is 10.3. The van der Waals surface area contributed by atoms with Crippen LogP contribution in [0.2, 0.25) is 0 Å². The Morgan fingerprint density at radius 2 is 1.81 bits per heavy atom. The van der Waals surface area contributed by atoms with Gasteiger partial charge >= 0.3 is 0 Å². The Hall–Kier alpha value is -2.00. The Balaban J connectivity index is 1.85. The van der Waals surface area contributed by atoms with E-state index in [4.69, 9.17) is 15.2 Å². The normalized spacial score (nSPS) is 15.9. The summed E-state index contributed by atoms with van der Waals surface area (Å²) >= 11 is 0. The van der Waals surface area contributed by atoms with Gasteiger partial charge in [-0.1, -0.05) is 35.9 Å². The molecule has 0 aliphatic carbocycles. The SMILES string of the molecule is Cc1cccc(-c2ccc(N)c(OC3CCOCC3)c2)c1. The minimum absolute atomic E-state index is 0.203. The lowest BCUT2D eigenvalue weighted by atomic mass is 10.0. The van der Waals surface area contributed by atoms with Crippen LogP contribution in [0.15, 0.2) is 42.5 Å². The number of anilines is 1. The molecule has 3 nitrogen and oxygen atoms in total. The summed E-state index contributed by atoms with van der Waals surface area (Å²) in [6, 6.07) is 14.5. The number of hydrogen-bond acceptors (Lipinski definition) is 3. The maximum atomic E-state index is 6.07. The van der Waals surface area contributed by atoms with Crippen LogP contribution < -0.4 is 10.5 Å². The van der Waals surface area contributed by atoms with E-state index in [2.05, 4.69) is 31.2 Å².